The summed E-state index contributed by atoms with van der Waals surface area (Å²) in [4.78, 5) is 14.3. The second kappa shape index (κ2) is 7.72. The fourth-order valence-electron chi connectivity index (χ4n) is 4.36. The Balaban J connectivity index is 1.42. The topological polar surface area (TPSA) is 66.9 Å². The molecule has 2 saturated heterocycles. The number of benzene rings is 1. The number of cyclic esters (lactones) is 1. The van der Waals surface area contributed by atoms with E-state index in [0.717, 1.165) is 5.56 Å². The van der Waals surface area contributed by atoms with Gasteiger partial charge in [-0.25, -0.2) is 17.5 Å². The number of amides is 1. The van der Waals surface area contributed by atoms with Crippen molar-refractivity contribution in [1.82, 2.24) is 9.21 Å². The van der Waals surface area contributed by atoms with Crippen LogP contribution in [-0.4, -0.2) is 55.5 Å². The van der Waals surface area contributed by atoms with E-state index in [9.17, 15) is 13.2 Å². The summed E-state index contributed by atoms with van der Waals surface area (Å²) in [6.45, 7) is 3.31. The third kappa shape index (κ3) is 3.86. The molecule has 7 heteroatoms. The number of carbonyl (C=O) groups excluding carboxylic acids is 1. The van der Waals surface area contributed by atoms with Gasteiger partial charge in [-0.1, -0.05) is 54.1 Å². The molecule has 0 bridgehead atoms. The van der Waals surface area contributed by atoms with Crippen molar-refractivity contribution in [2.75, 3.05) is 19.7 Å². The van der Waals surface area contributed by atoms with Gasteiger partial charge in [-0.05, 0) is 25.3 Å². The second-order valence-corrected chi connectivity index (χ2v) is 9.75. The first-order valence-corrected chi connectivity index (χ1v) is 11.4. The maximum Gasteiger partial charge on any atom is 0.410 e. The van der Waals surface area contributed by atoms with Crippen molar-refractivity contribution in [2.24, 2.45) is 5.92 Å². The van der Waals surface area contributed by atoms with Crippen molar-refractivity contribution in [3.8, 4) is 0 Å². The lowest BCUT2D eigenvalue weighted by Gasteiger charge is -2.45. The third-order valence-electron chi connectivity index (χ3n) is 5.81. The van der Waals surface area contributed by atoms with Gasteiger partial charge in [0.15, 0.2) is 0 Å². The van der Waals surface area contributed by atoms with Gasteiger partial charge in [-0.3, -0.25) is 4.90 Å². The zero-order valence-electron chi connectivity index (χ0n) is 16.0. The van der Waals surface area contributed by atoms with E-state index in [-0.39, 0.29) is 29.8 Å². The molecule has 0 spiro atoms. The number of fused-ring (bicyclic) bond motifs is 1. The summed E-state index contributed by atoms with van der Waals surface area (Å²) in [5.41, 5.74) is 1.97. The quantitative estimate of drug-likeness (QED) is 0.777. The van der Waals surface area contributed by atoms with Crippen molar-refractivity contribution < 1.29 is 17.9 Å². The number of carbonyl (C=O) groups is 1. The van der Waals surface area contributed by atoms with Crippen LogP contribution in [0, 0.1) is 5.92 Å². The number of hydrogen-bond acceptors (Lipinski definition) is 4. The van der Waals surface area contributed by atoms with Gasteiger partial charge in [-0.15, -0.1) is 0 Å². The van der Waals surface area contributed by atoms with Crippen LogP contribution < -0.4 is 0 Å². The number of piperidine rings is 1. The Morgan fingerprint density at radius 2 is 1.86 bits per heavy atom. The summed E-state index contributed by atoms with van der Waals surface area (Å²) in [7, 11) is -3.36. The first kappa shape index (κ1) is 19.2. The standard InChI is InChI=1S/C21H26N2O4S/c1-16-7-8-20-18(13-16)14-27-21(24)23(20)19-9-11-22(12-10-19)28(25,26)15-17-5-3-2-4-6-17/h2-8,13,18-20H,9-12,14-15H2,1H3. The Bertz CT molecular complexity index is 886. The number of rotatable bonds is 4. The molecule has 28 heavy (non-hydrogen) atoms. The number of sulfonamides is 1. The monoisotopic (exact) mass is 402 g/mol. The maximum absolute atomic E-state index is 12.8. The van der Waals surface area contributed by atoms with E-state index < -0.39 is 10.0 Å². The van der Waals surface area contributed by atoms with Crippen molar-refractivity contribution in [1.29, 1.82) is 0 Å². The summed E-state index contributed by atoms with van der Waals surface area (Å²) in [5, 5.41) is 0. The lowest BCUT2D eigenvalue weighted by atomic mass is 9.88. The first-order chi connectivity index (χ1) is 13.4. The van der Waals surface area contributed by atoms with E-state index in [1.807, 2.05) is 48.2 Å². The highest BCUT2D eigenvalue weighted by atomic mass is 32.2. The molecular weight excluding hydrogens is 376 g/mol. The largest absolute Gasteiger partial charge is 0.449 e. The van der Waals surface area contributed by atoms with E-state index in [4.69, 9.17) is 4.74 Å². The van der Waals surface area contributed by atoms with Crippen LogP contribution in [0.5, 0.6) is 0 Å². The van der Waals surface area contributed by atoms with Crippen molar-refractivity contribution in [3.05, 3.63) is 59.7 Å². The number of nitrogens with zero attached hydrogens (tertiary/aromatic N) is 2. The Morgan fingerprint density at radius 1 is 1.14 bits per heavy atom. The van der Waals surface area contributed by atoms with Crippen LogP contribution in [-0.2, 0) is 20.5 Å². The van der Waals surface area contributed by atoms with Gasteiger partial charge in [0.1, 0.15) is 6.61 Å². The van der Waals surface area contributed by atoms with Crippen LogP contribution in [0.25, 0.3) is 0 Å². The number of ether oxygens (including phenoxy) is 1. The van der Waals surface area contributed by atoms with Crippen LogP contribution in [0.2, 0.25) is 0 Å². The first-order valence-electron chi connectivity index (χ1n) is 9.77. The minimum absolute atomic E-state index is 0.0000635. The minimum atomic E-state index is -3.36. The summed E-state index contributed by atoms with van der Waals surface area (Å²) in [6.07, 6.45) is 7.25. The van der Waals surface area contributed by atoms with E-state index in [1.54, 1.807) is 4.31 Å². The van der Waals surface area contributed by atoms with Gasteiger partial charge in [0.05, 0.1) is 11.8 Å². The molecule has 2 heterocycles. The van der Waals surface area contributed by atoms with Gasteiger partial charge < -0.3 is 4.74 Å². The smallest absolute Gasteiger partial charge is 0.410 e. The second-order valence-electron chi connectivity index (χ2n) is 7.78. The van der Waals surface area contributed by atoms with Crippen molar-refractivity contribution in [2.45, 2.75) is 37.6 Å². The molecule has 0 N–H and O–H groups in total. The highest BCUT2D eigenvalue weighted by Gasteiger charge is 2.41. The molecule has 0 radical (unpaired) electrons. The Kier molecular flexibility index (Phi) is 5.29. The van der Waals surface area contributed by atoms with E-state index in [1.165, 1.54) is 5.57 Å². The van der Waals surface area contributed by atoms with Gasteiger partial charge >= 0.3 is 6.09 Å². The molecule has 2 aliphatic heterocycles. The van der Waals surface area contributed by atoms with Gasteiger partial charge in [-0.2, -0.15) is 0 Å². The molecular formula is C21H26N2O4S. The Morgan fingerprint density at radius 3 is 2.57 bits per heavy atom. The molecule has 6 nitrogen and oxygen atoms in total. The molecule has 3 aliphatic rings. The van der Waals surface area contributed by atoms with Gasteiger partial charge in [0.2, 0.25) is 10.0 Å². The van der Waals surface area contributed by atoms with Crippen LogP contribution >= 0.6 is 0 Å². The lowest BCUT2D eigenvalue weighted by molar-refractivity contribution is 0.00595. The SMILES string of the molecule is CC1=CC2COC(=O)N(C3CCN(S(=O)(=O)Cc4ccccc4)CC3)C2C=C1. The molecule has 2 unspecified atom stereocenters. The summed E-state index contributed by atoms with van der Waals surface area (Å²) in [6, 6.07) is 9.25. The van der Waals surface area contributed by atoms with E-state index in [0.29, 0.717) is 32.5 Å². The van der Waals surface area contributed by atoms with Crippen LogP contribution in [0.1, 0.15) is 25.3 Å². The third-order valence-corrected chi connectivity index (χ3v) is 7.66. The normalized spacial score (nSPS) is 26.5. The summed E-state index contributed by atoms with van der Waals surface area (Å²) in [5.74, 6) is 0.185. The molecule has 0 saturated carbocycles. The maximum atomic E-state index is 12.8. The van der Waals surface area contributed by atoms with E-state index in [2.05, 4.69) is 12.2 Å². The molecule has 1 aliphatic carbocycles. The van der Waals surface area contributed by atoms with Crippen LogP contribution in [0.4, 0.5) is 4.79 Å². The molecule has 150 valence electrons. The molecule has 1 aromatic carbocycles. The number of hydrogen-bond donors (Lipinski definition) is 0. The van der Waals surface area contributed by atoms with Gasteiger partial charge in [0.25, 0.3) is 0 Å². The molecule has 1 aromatic rings. The predicted molar refractivity (Wildman–Crippen MR) is 107 cm³/mol. The predicted octanol–water partition coefficient (Wildman–Crippen LogP) is 2.93. The summed E-state index contributed by atoms with van der Waals surface area (Å²) < 4.78 is 32.5. The molecule has 2 fully saturated rings. The zero-order valence-corrected chi connectivity index (χ0v) is 16.8. The van der Waals surface area contributed by atoms with Crippen molar-refractivity contribution >= 4 is 16.1 Å². The van der Waals surface area contributed by atoms with Crippen molar-refractivity contribution in [3.63, 3.8) is 0 Å². The lowest BCUT2D eigenvalue weighted by Crippen LogP contribution is -2.57. The zero-order chi connectivity index (χ0) is 19.7. The summed E-state index contributed by atoms with van der Waals surface area (Å²) >= 11 is 0. The van der Waals surface area contributed by atoms with Crippen LogP contribution in [0.3, 0.4) is 0 Å². The number of allylic oxidation sites excluding steroid dienone is 2. The average molecular weight is 403 g/mol. The minimum Gasteiger partial charge on any atom is -0.449 e. The molecule has 4 rings (SSSR count). The van der Waals surface area contributed by atoms with Crippen LogP contribution in [0.15, 0.2) is 54.1 Å². The fourth-order valence-corrected chi connectivity index (χ4v) is 5.92. The molecule has 1 amide bonds. The Labute approximate surface area is 166 Å². The van der Waals surface area contributed by atoms with Gasteiger partial charge in [0, 0.05) is 25.0 Å². The molecule has 0 aromatic heterocycles. The highest BCUT2D eigenvalue weighted by molar-refractivity contribution is 7.88. The molecule has 2 atom stereocenters. The highest BCUT2D eigenvalue weighted by Crippen LogP contribution is 2.32. The van der Waals surface area contributed by atoms with E-state index >= 15 is 0 Å². The average Bonchev–Trinajstić information content (AvgIpc) is 2.69. The fraction of sp³-hybridized carbons (Fsp3) is 0.476. The Hall–Kier alpha value is -2.12.